The van der Waals surface area contributed by atoms with Crippen LogP contribution in [0.25, 0.3) is 5.57 Å². The number of aromatic amines is 1. The Hall–Kier alpha value is -2.56. The van der Waals surface area contributed by atoms with Gasteiger partial charge in [0.25, 0.3) is 0 Å². The molecule has 2 heterocycles. The maximum atomic E-state index is 12.6. The number of hydrogen-bond donors (Lipinski definition) is 2. The molecule has 2 aromatic rings. The van der Waals surface area contributed by atoms with Crippen molar-refractivity contribution in [1.29, 1.82) is 0 Å². The van der Waals surface area contributed by atoms with Crippen LogP contribution in [0.3, 0.4) is 0 Å². The van der Waals surface area contributed by atoms with Crippen LogP contribution in [0.1, 0.15) is 42.1 Å². The second-order valence-electron chi connectivity index (χ2n) is 6.09. The smallest absolute Gasteiger partial charge is 0.161 e. The zero-order valence-corrected chi connectivity index (χ0v) is 13.3. The molecular weight excluding hydrogens is 290 g/mol. The van der Waals surface area contributed by atoms with E-state index in [1.54, 1.807) is 7.11 Å². The number of aromatic nitrogens is 2. The van der Waals surface area contributed by atoms with Crippen LogP contribution >= 0.6 is 0 Å². The van der Waals surface area contributed by atoms with Crippen molar-refractivity contribution in [2.24, 2.45) is 0 Å². The average Bonchev–Trinajstić information content (AvgIpc) is 2.96. The summed E-state index contributed by atoms with van der Waals surface area (Å²) >= 11 is 0. The molecule has 0 bridgehead atoms. The predicted octanol–water partition coefficient (Wildman–Crippen LogP) is 3.40. The summed E-state index contributed by atoms with van der Waals surface area (Å²) < 4.78 is 5.23. The van der Waals surface area contributed by atoms with Gasteiger partial charge in [-0.05, 0) is 43.0 Å². The molecule has 1 aromatic carbocycles. The molecule has 1 atom stereocenters. The lowest BCUT2D eigenvalue weighted by molar-refractivity contribution is -0.116. The Morgan fingerprint density at radius 3 is 2.74 bits per heavy atom. The topological polar surface area (TPSA) is 67.0 Å². The van der Waals surface area contributed by atoms with Crippen LogP contribution in [0.5, 0.6) is 5.75 Å². The summed E-state index contributed by atoms with van der Waals surface area (Å²) in [6, 6.07) is 7.73. The minimum absolute atomic E-state index is 0.140. The van der Waals surface area contributed by atoms with Crippen molar-refractivity contribution in [2.75, 3.05) is 12.4 Å². The van der Waals surface area contributed by atoms with Gasteiger partial charge in [-0.1, -0.05) is 12.1 Å². The number of carbonyl (C=O) groups is 1. The molecule has 118 valence electrons. The highest BCUT2D eigenvalue weighted by atomic mass is 16.5. The third-order valence-electron chi connectivity index (χ3n) is 4.72. The lowest BCUT2D eigenvalue weighted by Gasteiger charge is -2.32. The van der Waals surface area contributed by atoms with E-state index >= 15 is 0 Å². The lowest BCUT2D eigenvalue weighted by atomic mass is 9.78. The fourth-order valence-corrected chi connectivity index (χ4v) is 3.62. The molecule has 0 fully saturated rings. The first-order valence-electron chi connectivity index (χ1n) is 7.91. The third kappa shape index (κ3) is 2.15. The maximum absolute atomic E-state index is 12.6. The van der Waals surface area contributed by atoms with Crippen LogP contribution in [-0.4, -0.2) is 23.1 Å². The Labute approximate surface area is 134 Å². The summed E-state index contributed by atoms with van der Waals surface area (Å²) in [5.74, 6) is 1.90. The Balaban J connectivity index is 1.85. The number of aryl methyl sites for hydroxylation is 1. The Morgan fingerprint density at radius 1 is 1.22 bits per heavy atom. The largest absolute Gasteiger partial charge is 0.497 e. The molecular formula is C18H19N3O2. The first-order valence-corrected chi connectivity index (χ1v) is 7.91. The van der Waals surface area contributed by atoms with Gasteiger partial charge in [-0.2, -0.15) is 5.10 Å². The SMILES string of the molecule is COc1ccc(C2Nc3n[nH]c(C)c3C3=C2C(=O)CCC3)cc1. The van der Waals surface area contributed by atoms with Crippen molar-refractivity contribution in [2.45, 2.75) is 32.2 Å². The first-order chi connectivity index (χ1) is 11.2. The fourth-order valence-electron chi connectivity index (χ4n) is 3.62. The van der Waals surface area contributed by atoms with E-state index in [0.717, 1.165) is 52.4 Å². The monoisotopic (exact) mass is 309 g/mol. The van der Waals surface area contributed by atoms with Gasteiger partial charge in [0.1, 0.15) is 5.75 Å². The number of allylic oxidation sites excluding steroid dienone is 1. The van der Waals surface area contributed by atoms with Gasteiger partial charge in [-0.3, -0.25) is 9.89 Å². The van der Waals surface area contributed by atoms with Crippen LogP contribution in [0.4, 0.5) is 5.82 Å². The van der Waals surface area contributed by atoms with E-state index in [2.05, 4.69) is 15.5 Å². The molecule has 2 aliphatic rings. The maximum Gasteiger partial charge on any atom is 0.161 e. The molecule has 5 heteroatoms. The van der Waals surface area contributed by atoms with E-state index in [-0.39, 0.29) is 11.8 Å². The van der Waals surface area contributed by atoms with Crippen LogP contribution in [0.15, 0.2) is 29.8 Å². The van der Waals surface area contributed by atoms with E-state index in [4.69, 9.17) is 4.74 Å². The number of benzene rings is 1. The molecule has 0 saturated carbocycles. The highest BCUT2D eigenvalue weighted by Gasteiger charge is 2.36. The number of ether oxygens (including phenoxy) is 1. The highest BCUT2D eigenvalue weighted by molar-refractivity contribution is 6.08. The van der Waals surface area contributed by atoms with E-state index in [0.29, 0.717) is 6.42 Å². The fraction of sp³-hybridized carbons (Fsp3) is 0.333. The van der Waals surface area contributed by atoms with Crippen LogP contribution < -0.4 is 10.1 Å². The van der Waals surface area contributed by atoms with Gasteiger partial charge in [0, 0.05) is 23.3 Å². The summed E-state index contributed by atoms with van der Waals surface area (Å²) in [6.45, 7) is 2.00. The summed E-state index contributed by atoms with van der Waals surface area (Å²) in [5, 5.41) is 10.9. The van der Waals surface area contributed by atoms with Gasteiger partial charge in [0.15, 0.2) is 11.6 Å². The number of nitrogens with zero attached hydrogens (tertiary/aromatic N) is 1. The third-order valence-corrected chi connectivity index (χ3v) is 4.72. The van der Waals surface area contributed by atoms with E-state index in [1.807, 2.05) is 31.2 Å². The van der Waals surface area contributed by atoms with Gasteiger partial charge in [0.05, 0.1) is 13.2 Å². The molecule has 0 saturated heterocycles. The van der Waals surface area contributed by atoms with Crippen molar-refractivity contribution < 1.29 is 9.53 Å². The highest BCUT2D eigenvalue weighted by Crippen LogP contribution is 2.45. The number of methoxy groups -OCH3 is 1. The number of H-pyrrole nitrogens is 1. The summed E-state index contributed by atoms with van der Waals surface area (Å²) in [4.78, 5) is 12.6. The second-order valence-corrected chi connectivity index (χ2v) is 6.09. The van der Waals surface area contributed by atoms with Crippen molar-refractivity contribution in [3.8, 4) is 5.75 Å². The molecule has 1 unspecified atom stereocenters. The molecule has 0 radical (unpaired) electrons. The standard InChI is InChI=1S/C18H19N3O2/c1-10-15-13-4-3-5-14(22)16(13)17(19-18(15)21-20-10)11-6-8-12(23-2)9-7-11/h6-9,17H,3-5H2,1-2H3,(H2,19,20,21). The minimum Gasteiger partial charge on any atom is -0.497 e. The number of anilines is 1. The Bertz CT molecular complexity index is 802. The first kappa shape index (κ1) is 14.1. The molecule has 1 aliphatic heterocycles. The molecule has 23 heavy (non-hydrogen) atoms. The van der Waals surface area contributed by atoms with Crippen LogP contribution in [0.2, 0.25) is 0 Å². The van der Waals surface area contributed by atoms with Gasteiger partial charge in [0.2, 0.25) is 0 Å². The minimum atomic E-state index is -0.140. The van der Waals surface area contributed by atoms with Crippen molar-refractivity contribution in [1.82, 2.24) is 10.2 Å². The van der Waals surface area contributed by atoms with Crippen LogP contribution in [0, 0.1) is 6.92 Å². The lowest BCUT2D eigenvalue weighted by Crippen LogP contribution is -2.27. The van der Waals surface area contributed by atoms with Gasteiger partial charge in [-0.25, -0.2) is 0 Å². The average molecular weight is 309 g/mol. The van der Waals surface area contributed by atoms with E-state index < -0.39 is 0 Å². The summed E-state index contributed by atoms with van der Waals surface area (Å²) in [6.07, 6.45) is 2.47. The summed E-state index contributed by atoms with van der Waals surface area (Å²) in [7, 11) is 1.65. The molecule has 0 amide bonds. The van der Waals surface area contributed by atoms with Crippen LogP contribution in [-0.2, 0) is 4.79 Å². The summed E-state index contributed by atoms with van der Waals surface area (Å²) in [5.41, 5.74) is 5.21. The zero-order chi connectivity index (χ0) is 16.0. The molecule has 1 aliphatic carbocycles. The van der Waals surface area contributed by atoms with E-state index in [9.17, 15) is 4.79 Å². The number of carbonyl (C=O) groups excluding carboxylic acids is 1. The quantitative estimate of drug-likeness (QED) is 0.892. The molecule has 1 aromatic heterocycles. The normalized spacial score (nSPS) is 19.9. The number of ketones is 1. The second kappa shape index (κ2) is 5.26. The molecule has 2 N–H and O–H groups in total. The van der Waals surface area contributed by atoms with Gasteiger partial charge >= 0.3 is 0 Å². The van der Waals surface area contributed by atoms with Crippen molar-refractivity contribution in [3.63, 3.8) is 0 Å². The van der Waals surface area contributed by atoms with Gasteiger partial charge in [-0.15, -0.1) is 0 Å². The zero-order valence-electron chi connectivity index (χ0n) is 13.3. The van der Waals surface area contributed by atoms with E-state index in [1.165, 1.54) is 0 Å². The van der Waals surface area contributed by atoms with Gasteiger partial charge < -0.3 is 10.1 Å². The molecule has 5 nitrogen and oxygen atoms in total. The van der Waals surface area contributed by atoms with Crippen molar-refractivity contribution in [3.05, 3.63) is 46.7 Å². The Morgan fingerprint density at radius 2 is 2.00 bits per heavy atom. The Kier molecular flexibility index (Phi) is 3.22. The van der Waals surface area contributed by atoms with Crippen molar-refractivity contribution >= 4 is 17.2 Å². The predicted molar refractivity (Wildman–Crippen MR) is 88.5 cm³/mol. The number of rotatable bonds is 2. The number of Topliss-reactive ketones (excluding diaryl/α,β-unsaturated/α-hetero) is 1. The molecule has 0 spiro atoms. The number of fused-ring (bicyclic) bond motifs is 2. The number of hydrogen-bond acceptors (Lipinski definition) is 4. The number of nitrogens with one attached hydrogen (secondary N) is 2. The molecule has 4 rings (SSSR count).